The smallest absolute Gasteiger partial charge is 0.417 e. The van der Waals surface area contributed by atoms with Crippen LogP contribution in [0.2, 0.25) is 0 Å². The summed E-state index contributed by atoms with van der Waals surface area (Å²) in [5.74, 6) is 0.161. The third kappa shape index (κ3) is 3.23. The van der Waals surface area contributed by atoms with Crippen molar-refractivity contribution < 1.29 is 22.4 Å². The lowest BCUT2D eigenvalue weighted by atomic mass is 9.84. The molecule has 3 aliphatic heterocycles. The highest BCUT2D eigenvalue weighted by molar-refractivity contribution is 5.92. The summed E-state index contributed by atoms with van der Waals surface area (Å²) in [6.45, 7) is 2.95. The second-order valence-corrected chi connectivity index (χ2v) is 6.93. The SMILES string of the molecule is O=C(NC1CN2CCC1CC2)c1ccc(-c2ccccc2C(F)(F)F)o1. The fourth-order valence-electron chi connectivity index (χ4n) is 3.92. The summed E-state index contributed by atoms with van der Waals surface area (Å²) in [4.78, 5) is 14.8. The van der Waals surface area contributed by atoms with Gasteiger partial charge in [0.2, 0.25) is 0 Å². The summed E-state index contributed by atoms with van der Waals surface area (Å²) >= 11 is 0. The van der Waals surface area contributed by atoms with Gasteiger partial charge in [-0.25, -0.2) is 0 Å². The molecule has 7 heteroatoms. The van der Waals surface area contributed by atoms with Crippen molar-refractivity contribution >= 4 is 5.91 Å². The first kappa shape index (κ1) is 17.1. The first-order chi connectivity index (χ1) is 12.4. The van der Waals surface area contributed by atoms with Gasteiger partial charge < -0.3 is 14.6 Å². The van der Waals surface area contributed by atoms with Gasteiger partial charge in [0.1, 0.15) is 5.76 Å². The van der Waals surface area contributed by atoms with Gasteiger partial charge in [-0.05, 0) is 50.0 Å². The van der Waals surface area contributed by atoms with Crippen molar-refractivity contribution in [1.82, 2.24) is 10.2 Å². The highest BCUT2D eigenvalue weighted by Gasteiger charge is 2.36. The van der Waals surface area contributed by atoms with Crippen LogP contribution in [-0.2, 0) is 6.18 Å². The van der Waals surface area contributed by atoms with E-state index in [0.29, 0.717) is 5.92 Å². The van der Waals surface area contributed by atoms with Crippen LogP contribution in [0.15, 0.2) is 40.8 Å². The summed E-state index contributed by atoms with van der Waals surface area (Å²) in [5, 5.41) is 2.98. The molecule has 3 aliphatic rings. The lowest BCUT2D eigenvalue weighted by Gasteiger charge is -2.44. The average molecular weight is 364 g/mol. The summed E-state index contributed by atoms with van der Waals surface area (Å²) in [6, 6.07) is 8.11. The van der Waals surface area contributed by atoms with Gasteiger partial charge in [-0.1, -0.05) is 18.2 Å². The first-order valence-electron chi connectivity index (χ1n) is 8.71. The number of carbonyl (C=O) groups excluding carboxylic acids is 1. The molecule has 5 rings (SSSR count). The first-order valence-corrected chi connectivity index (χ1v) is 8.71. The van der Waals surface area contributed by atoms with Crippen molar-refractivity contribution in [2.24, 2.45) is 5.92 Å². The number of halogens is 3. The number of piperidine rings is 3. The van der Waals surface area contributed by atoms with E-state index in [-0.39, 0.29) is 29.0 Å². The van der Waals surface area contributed by atoms with E-state index in [0.717, 1.165) is 38.5 Å². The minimum Gasteiger partial charge on any atom is -0.451 e. The molecular weight excluding hydrogens is 345 g/mol. The minimum absolute atomic E-state index is 0.0356. The van der Waals surface area contributed by atoms with Crippen LogP contribution in [0.4, 0.5) is 13.2 Å². The third-order valence-electron chi connectivity index (χ3n) is 5.30. The molecule has 138 valence electrons. The number of furan rings is 1. The van der Waals surface area contributed by atoms with Gasteiger partial charge in [-0.3, -0.25) is 4.79 Å². The zero-order valence-electron chi connectivity index (χ0n) is 14.1. The maximum absolute atomic E-state index is 13.2. The molecule has 1 N–H and O–H groups in total. The molecule has 1 atom stereocenters. The Morgan fingerprint density at radius 1 is 1.12 bits per heavy atom. The van der Waals surface area contributed by atoms with Crippen molar-refractivity contribution in [1.29, 1.82) is 0 Å². The Hall–Kier alpha value is -2.28. The number of carbonyl (C=O) groups is 1. The number of benzene rings is 1. The second-order valence-electron chi connectivity index (χ2n) is 6.93. The molecule has 1 aromatic carbocycles. The molecular formula is C19H19F3N2O2. The summed E-state index contributed by atoms with van der Waals surface area (Å²) in [5.41, 5.74) is -0.847. The maximum atomic E-state index is 13.2. The molecule has 0 radical (unpaired) electrons. The van der Waals surface area contributed by atoms with Gasteiger partial charge in [-0.15, -0.1) is 0 Å². The second kappa shape index (κ2) is 6.46. The van der Waals surface area contributed by atoms with Gasteiger partial charge in [0.25, 0.3) is 5.91 Å². The van der Waals surface area contributed by atoms with Crippen molar-refractivity contribution in [3.05, 3.63) is 47.7 Å². The Morgan fingerprint density at radius 2 is 1.85 bits per heavy atom. The highest BCUT2D eigenvalue weighted by atomic mass is 19.4. The van der Waals surface area contributed by atoms with Gasteiger partial charge in [0.15, 0.2) is 5.76 Å². The average Bonchev–Trinajstić information content (AvgIpc) is 3.12. The zero-order valence-corrected chi connectivity index (χ0v) is 14.1. The number of hydrogen-bond donors (Lipinski definition) is 1. The quantitative estimate of drug-likeness (QED) is 0.901. The van der Waals surface area contributed by atoms with E-state index >= 15 is 0 Å². The van der Waals surface area contributed by atoms with E-state index in [1.54, 1.807) is 0 Å². The molecule has 4 nitrogen and oxygen atoms in total. The van der Waals surface area contributed by atoms with Gasteiger partial charge in [0, 0.05) is 18.2 Å². The fourth-order valence-corrected chi connectivity index (χ4v) is 3.92. The molecule has 4 heterocycles. The molecule has 1 amide bonds. The van der Waals surface area contributed by atoms with Crippen LogP contribution in [0.5, 0.6) is 0 Å². The van der Waals surface area contributed by atoms with E-state index < -0.39 is 11.7 Å². The molecule has 1 unspecified atom stereocenters. The molecule has 26 heavy (non-hydrogen) atoms. The van der Waals surface area contributed by atoms with Crippen LogP contribution in [-0.4, -0.2) is 36.5 Å². The lowest BCUT2D eigenvalue weighted by Crippen LogP contribution is -2.57. The van der Waals surface area contributed by atoms with E-state index in [2.05, 4.69) is 10.2 Å². The molecule has 3 saturated heterocycles. The molecule has 1 aromatic heterocycles. The van der Waals surface area contributed by atoms with E-state index in [1.165, 1.54) is 30.3 Å². The Balaban J connectivity index is 1.53. The van der Waals surface area contributed by atoms with Gasteiger partial charge in [0.05, 0.1) is 5.56 Å². The summed E-state index contributed by atoms with van der Waals surface area (Å²) in [6.07, 6.45) is -2.36. The highest BCUT2D eigenvalue weighted by Crippen LogP contribution is 2.37. The maximum Gasteiger partial charge on any atom is 0.417 e. The van der Waals surface area contributed by atoms with E-state index in [9.17, 15) is 18.0 Å². The van der Waals surface area contributed by atoms with Crippen molar-refractivity contribution in [3.8, 4) is 11.3 Å². The minimum atomic E-state index is -4.48. The Morgan fingerprint density at radius 3 is 2.50 bits per heavy atom. The number of nitrogens with zero attached hydrogens (tertiary/aromatic N) is 1. The summed E-state index contributed by atoms with van der Waals surface area (Å²) in [7, 11) is 0. The van der Waals surface area contributed by atoms with Crippen LogP contribution in [0, 0.1) is 5.92 Å². The molecule has 0 aliphatic carbocycles. The van der Waals surface area contributed by atoms with Gasteiger partial charge >= 0.3 is 6.18 Å². The zero-order chi connectivity index (χ0) is 18.3. The number of hydrogen-bond acceptors (Lipinski definition) is 3. The van der Waals surface area contributed by atoms with Gasteiger partial charge in [-0.2, -0.15) is 13.2 Å². The largest absolute Gasteiger partial charge is 0.451 e. The molecule has 2 bridgehead atoms. The Kier molecular flexibility index (Phi) is 4.26. The Labute approximate surface area is 149 Å². The number of fused-ring (bicyclic) bond motifs is 3. The van der Waals surface area contributed by atoms with Crippen LogP contribution in [0.3, 0.4) is 0 Å². The van der Waals surface area contributed by atoms with Crippen molar-refractivity contribution in [2.75, 3.05) is 19.6 Å². The topological polar surface area (TPSA) is 45.5 Å². The Bertz CT molecular complexity index is 807. The molecule has 3 fully saturated rings. The number of rotatable bonds is 3. The lowest BCUT2D eigenvalue weighted by molar-refractivity contribution is -0.137. The number of nitrogens with one attached hydrogen (secondary N) is 1. The monoisotopic (exact) mass is 364 g/mol. The third-order valence-corrected chi connectivity index (χ3v) is 5.30. The standard InChI is InChI=1S/C19H19F3N2O2/c20-19(21,22)14-4-2-1-3-13(14)16-5-6-17(26-16)18(25)23-15-11-24-9-7-12(15)8-10-24/h1-6,12,15H,7-11H2,(H,23,25). The molecule has 0 spiro atoms. The van der Waals surface area contributed by atoms with Crippen LogP contribution in [0.25, 0.3) is 11.3 Å². The molecule has 0 saturated carbocycles. The predicted octanol–water partition coefficient (Wildman–Crippen LogP) is 3.79. The van der Waals surface area contributed by atoms with Crippen molar-refractivity contribution in [3.63, 3.8) is 0 Å². The number of amides is 1. The van der Waals surface area contributed by atoms with E-state index in [4.69, 9.17) is 4.42 Å². The van der Waals surface area contributed by atoms with E-state index in [1.807, 2.05) is 0 Å². The number of alkyl halides is 3. The van der Waals surface area contributed by atoms with Crippen LogP contribution in [0.1, 0.15) is 29.0 Å². The van der Waals surface area contributed by atoms with Crippen LogP contribution < -0.4 is 5.32 Å². The predicted molar refractivity (Wildman–Crippen MR) is 89.6 cm³/mol. The van der Waals surface area contributed by atoms with Crippen molar-refractivity contribution in [2.45, 2.75) is 25.1 Å². The normalized spacial score (nSPS) is 25.3. The summed E-state index contributed by atoms with van der Waals surface area (Å²) < 4.78 is 45.0. The van der Waals surface area contributed by atoms with Crippen LogP contribution >= 0.6 is 0 Å². The fraction of sp³-hybridized carbons (Fsp3) is 0.421. The molecule has 2 aromatic rings.